The monoisotopic (exact) mass is 284 g/mol. The maximum Gasteiger partial charge on any atom is 0.119 e. The second-order valence-corrected chi connectivity index (χ2v) is 4.82. The Morgan fingerprint density at radius 2 is 1.85 bits per heavy atom. The molecule has 0 amide bonds. The first-order valence-corrected chi connectivity index (χ1v) is 6.59. The lowest BCUT2D eigenvalue weighted by Crippen LogP contribution is -1.93. The highest BCUT2D eigenvalue weighted by atomic mass is 35.5. The highest BCUT2D eigenvalue weighted by Crippen LogP contribution is 2.23. The van der Waals surface area contributed by atoms with Crippen LogP contribution in [-0.2, 0) is 0 Å². The molecule has 0 spiro atoms. The van der Waals surface area contributed by atoms with Gasteiger partial charge < -0.3 is 4.74 Å². The summed E-state index contributed by atoms with van der Waals surface area (Å²) in [6.07, 6.45) is 3.81. The van der Waals surface area contributed by atoms with E-state index < -0.39 is 0 Å². The van der Waals surface area contributed by atoms with E-state index in [0.29, 0.717) is 0 Å². The van der Waals surface area contributed by atoms with Gasteiger partial charge >= 0.3 is 0 Å². The maximum atomic E-state index is 6.01. The Labute approximate surface area is 122 Å². The Hall–Kier alpha value is -2.26. The summed E-state index contributed by atoms with van der Waals surface area (Å²) in [6, 6.07) is 15.5. The molecule has 2 aromatic carbocycles. The quantitative estimate of drug-likeness (QED) is 0.721. The van der Waals surface area contributed by atoms with Gasteiger partial charge in [-0.1, -0.05) is 23.7 Å². The van der Waals surface area contributed by atoms with Crippen molar-refractivity contribution in [3.05, 3.63) is 65.9 Å². The molecule has 0 atom stereocenters. The molecule has 0 saturated carbocycles. The van der Waals surface area contributed by atoms with Crippen LogP contribution in [0.3, 0.4) is 0 Å². The fourth-order valence-corrected chi connectivity index (χ4v) is 2.21. The van der Waals surface area contributed by atoms with Gasteiger partial charge in [0, 0.05) is 16.8 Å². The van der Waals surface area contributed by atoms with Crippen LogP contribution in [0.2, 0.25) is 5.02 Å². The van der Waals surface area contributed by atoms with Crippen LogP contribution < -0.4 is 4.74 Å². The van der Waals surface area contributed by atoms with Crippen molar-refractivity contribution in [3.8, 4) is 22.6 Å². The topological polar surface area (TPSA) is 27.1 Å². The summed E-state index contributed by atoms with van der Waals surface area (Å²) in [5, 5.41) is 5.10. The predicted octanol–water partition coefficient (Wildman–Crippen LogP) is 4.20. The van der Waals surface area contributed by atoms with Gasteiger partial charge in [-0.15, -0.1) is 0 Å². The van der Waals surface area contributed by atoms with Crippen molar-refractivity contribution in [1.82, 2.24) is 9.78 Å². The molecule has 0 radical (unpaired) electrons. The zero-order valence-corrected chi connectivity index (χ0v) is 11.7. The van der Waals surface area contributed by atoms with Gasteiger partial charge in [-0.05, 0) is 42.0 Å². The van der Waals surface area contributed by atoms with Gasteiger partial charge in [0.25, 0.3) is 0 Å². The largest absolute Gasteiger partial charge is 0.497 e. The molecule has 0 bridgehead atoms. The van der Waals surface area contributed by atoms with Crippen molar-refractivity contribution in [1.29, 1.82) is 0 Å². The third-order valence-electron chi connectivity index (χ3n) is 3.08. The van der Waals surface area contributed by atoms with Gasteiger partial charge in [-0.2, -0.15) is 5.10 Å². The van der Waals surface area contributed by atoms with Crippen molar-refractivity contribution in [2.24, 2.45) is 0 Å². The molecular formula is C16H13ClN2O. The smallest absolute Gasteiger partial charge is 0.119 e. The van der Waals surface area contributed by atoms with E-state index in [1.807, 2.05) is 65.6 Å². The fourth-order valence-electron chi connectivity index (χ4n) is 2.02. The Morgan fingerprint density at radius 1 is 1.05 bits per heavy atom. The maximum absolute atomic E-state index is 6.01. The van der Waals surface area contributed by atoms with E-state index in [1.54, 1.807) is 7.11 Å². The molecule has 1 aromatic heterocycles. The highest BCUT2D eigenvalue weighted by Gasteiger charge is 2.04. The number of benzene rings is 2. The fraction of sp³-hybridized carbons (Fsp3) is 0.0625. The number of rotatable bonds is 3. The van der Waals surface area contributed by atoms with Crippen molar-refractivity contribution >= 4 is 11.6 Å². The molecule has 4 heteroatoms. The Balaban J connectivity index is 1.93. The molecule has 0 unspecified atom stereocenters. The number of ether oxygens (including phenoxy) is 1. The molecule has 3 aromatic rings. The summed E-state index contributed by atoms with van der Waals surface area (Å²) >= 11 is 6.01. The lowest BCUT2D eigenvalue weighted by molar-refractivity contribution is 0.414. The number of methoxy groups -OCH3 is 1. The highest BCUT2D eigenvalue weighted by molar-refractivity contribution is 6.30. The summed E-state index contributed by atoms with van der Waals surface area (Å²) in [5.41, 5.74) is 3.07. The minimum atomic E-state index is 0.722. The van der Waals surface area contributed by atoms with Gasteiger partial charge in [0.05, 0.1) is 19.0 Å². The molecule has 0 aliphatic carbocycles. The van der Waals surface area contributed by atoms with Crippen LogP contribution in [0.25, 0.3) is 16.8 Å². The normalized spacial score (nSPS) is 10.5. The molecule has 0 saturated heterocycles. The Bertz CT molecular complexity index is 719. The van der Waals surface area contributed by atoms with E-state index in [9.17, 15) is 0 Å². The molecule has 3 rings (SSSR count). The van der Waals surface area contributed by atoms with Crippen LogP contribution in [0.1, 0.15) is 0 Å². The summed E-state index contributed by atoms with van der Waals surface area (Å²) in [4.78, 5) is 0. The number of hydrogen-bond donors (Lipinski definition) is 0. The van der Waals surface area contributed by atoms with Crippen LogP contribution in [0.4, 0.5) is 0 Å². The second kappa shape index (κ2) is 5.39. The first-order chi connectivity index (χ1) is 9.76. The zero-order valence-electron chi connectivity index (χ0n) is 11.0. The Kier molecular flexibility index (Phi) is 3.44. The third kappa shape index (κ3) is 2.53. The molecule has 0 aliphatic heterocycles. The van der Waals surface area contributed by atoms with E-state index in [4.69, 9.17) is 16.3 Å². The molecule has 3 nitrogen and oxygen atoms in total. The summed E-state index contributed by atoms with van der Waals surface area (Å²) in [6.45, 7) is 0. The molecule has 1 heterocycles. The Morgan fingerprint density at radius 3 is 2.55 bits per heavy atom. The molecule has 0 N–H and O–H groups in total. The lowest BCUT2D eigenvalue weighted by atomic mass is 10.1. The number of nitrogens with zero attached hydrogens (tertiary/aromatic N) is 2. The lowest BCUT2D eigenvalue weighted by Gasteiger charge is -2.03. The average Bonchev–Trinajstić information content (AvgIpc) is 2.97. The SMILES string of the molecule is COc1ccc(-n2cc(-c3cccc(Cl)c3)cn2)cc1. The van der Waals surface area contributed by atoms with E-state index in [2.05, 4.69) is 5.10 Å². The van der Waals surface area contributed by atoms with E-state index in [0.717, 1.165) is 27.6 Å². The van der Waals surface area contributed by atoms with Gasteiger partial charge in [-0.3, -0.25) is 0 Å². The summed E-state index contributed by atoms with van der Waals surface area (Å²) in [7, 11) is 1.65. The molecule has 100 valence electrons. The molecule has 20 heavy (non-hydrogen) atoms. The van der Waals surface area contributed by atoms with Crippen LogP contribution in [0.15, 0.2) is 60.9 Å². The number of hydrogen-bond acceptors (Lipinski definition) is 2. The van der Waals surface area contributed by atoms with Crippen molar-refractivity contribution < 1.29 is 4.74 Å². The third-order valence-corrected chi connectivity index (χ3v) is 3.31. The summed E-state index contributed by atoms with van der Waals surface area (Å²) in [5.74, 6) is 0.830. The number of aromatic nitrogens is 2. The minimum absolute atomic E-state index is 0.722. The van der Waals surface area contributed by atoms with Gasteiger partial charge in [0.2, 0.25) is 0 Å². The molecule has 0 fully saturated rings. The van der Waals surface area contributed by atoms with Gasteiger partial charge in [0.15, 0.2) is 0 Å². The van der Waals surface area contributed by atoms with E-state index in [-0.39, 0.29) is 0 Å². The van der Waals surface area contributed by atoms with E-state index in [1.165, 1.54) is 0 Å². The van der Waals surface area contributed by atoms with Crippen LogP contribution in [0, 0.1) is 0 Å². The predicted molar refractivity (Wildman–Crippen MR) is 80.6 cm³/mol. The molecule has 0 aliphatic rings. The van der Waals surface area contributed by atoms with Crippen molar-refractivity contribution in [2.45, 2.75) is 0 Å². The number of halogens is 1. The first kappa shape index (κ1) is 12.8. The first-order valence-electron chi connectivity index (χ1n) is 6.21. The van der Waals surface area contributed by atoms with Crippen LogP contribution in [0.5, 0.6) is 5.75 Å². The summed E-state index contributed by atoms with van der Waals surface area (Å²) < 4.78 is 6.98. The van der Waals surface area contributed by atoms with Crippen molar-refractivity contribution in [3.63, 3.8) is 0 Å². The standard InChI is InChI=1S/C16H13ClN2O/c1-20-16-7-5-15(6-8-16)19-11-13(10-18-19)12-3-2-4-14(17)9-12/h2-11H,1H3. The van der Waals surface area contributed by atoms with E-state index >= 15 is 0 Å². The van der Waals surface area contributed by atoms with Gasteiger partial charge in [0.1, 0.15) is 5.75 Å². The van der Waals surface area contributed by atoms with Crippen LogP contribution >= 0.6 is 11.6 Å². The zero-order chi connectivity index (χ0) is 13.9. The minimum Gasteiger partial charge on any atom is -0.497 e. The van der Waals surface area contributed by atoms with Crippen LogP contribution in [-0.4, -0.2) is 16.9 Å². The molecular weight excluding hydrogens is 272 g/mol. The van der Waals surface area contributed by atoms with Crippen molar-refractivity contribution in [2.75, 3.05) is 7.11 Å². The second-order valence-electron chi connectivity index (χ2n) is 4.38. The average molecular weight is 285 g/mol. The van der Waals surface area contributed by atoms with Gasteiger partial charge in [-0.25, -0.2) is 4.68 Å².